The van der Waals surface area contributed by atoms with Crippen LogP contribution in [0.25, 0.3) is 0 Å². The fourth-order valence-corrected chi connectivity index (χ4v) is 3.25. The molecule has 25 heavy (non-hydrogen) atoms. The summed E-state index contributed by atoms with van der Waals surface area (Å²) in [4.78, 5) is 11.9. The molecule has 0 radical (unpaired) electrons. The summed E-state index contributed by atoms with van der Waals surface area (Å²) in [6.07, 6.45) is -3.36. The highest BCUT2D eigenvalue weighted by molar-refractivity contribution is 7.97. The zero-order valence-electron chi connectivity index (χ0n) is 13.2. The first kappa shape index (κ1) is 19.7. The Morgan fingerprint density at radius 1 is 1.36 bits per heavy atom. The van der Waals surface area contributed by atoms with E-state index in [1.807, 2.05) is 0 Å². The van der Waals surface area contributed by atoms with E-state index < -0.39 is 23.6 Å². The van der Waals surface area contributed by atoms with Crippen LogP contribution < -0.4 is 5.56 Å². The van der Waals surface area contributed by atoms with Crippen molar-refractivity contribution in [1.82, 2.24) is 14.1 Å². The molecule has 1 atom stereocenters. The molecular formula is C15H14ClF4N3OS. The summed E-state index contributed by atoms with van der Waals surface area (Å²) >= 11 is 6.29. The Balaban J connectivity index is 2.41. The minimum absolute atomic E-state index is 0.00566. The average Bonchev–Trinajstić information content (AvgIpc) is 2.52. The third kappa shape index (κ3) is 4.74. The van der Waals surface area contributed by atoms with Crippen molar-refractivity contribution in [2.45, 2.75) is 24.0 Å². The SMILES string of the molecule is CCN(Sc1cnn(C)c(=O)c1)C(c1ccc(Cl)c(F)c1)C(F)(F)F. The molecule has 1 heterocycles. The molecular weight excluding hydrogens is 382 g/mol. The van der Waals surface area contributed by atoms with Crippen LogP contribution in [-0.4, -0.2) is 26.8 Å². The summed E-state index contributed by atoms with van der Waals surface area (Å²) in [5.74, 6) is -0.926. The van der Waals surface area contributed by atoms with Crippen molar-refractivity contribution in [3.8, 4) is 0 Å². The molecule has 1 unspecified atom stereocenters. The van der Waals surface area contributed by atoms with E-state index in [1.165, 1.54) is 26.2 Å². The maximum atomic E-state index is 13.6. The van der Waals surface area contributed by atoms with Crippen molar-refractivity contribution in [2.75, 3.05) is 6.54 Å². The topological polar surface area (TPSA) is 38.1 Å². The van der Waals surface area contributed by atoms with E-state index in [0.717, 1.165) is 39.1 Å². The summed E-state index contributed by atoms with van der Waals surface area (Å²) in [5, 5.41) is 3.53. The van der Waals surface area contributed by atoms with Gasteiger partial charge in [-0.1, -0.05) is 24.6 Å². The number of aromatic nitrogens is 2. The van der Waals surface area contributed by atoms with Crippen LogP contribution in [-0.2, 0) is 7.05 Å². The Kier molecular flexibility index (Phi) is 6.12. The highest BCUT2D eigenvalue weighted by atomic mass is 35.5. The van der Waals surface area contributed by atoms with Gasteiger partial charge in [0.1, 0.15) is 11.9 Å². The molecule has 1 aromatic carbocycles. The quantitative estimate of drug-likeness (QED) is 0.561. The number of halogens is 5. The summed E-state index contributed by atoms with van der Waals surface area (Å²) < 4.78 is 56.6. The molecule has 4 nitrogen and oxygen atoms in total. The first-order chi connectivity index (χ1) is 11.6. The molecule has 0 N–H and O–H groups in total. The molecule has 0 bridgehead atoms. The molecule has 0 saturated carbocycles. The lowest BCUT2D eigenvalue weighted by molar-refractivity contribution is -0.172. The lowest BCUT2D eigenvalue weighted by Crippen LogP contribution is -2.34. The largest absolute Gasteiger partial charge is 0.408 e. The van der Waals surface area contributed by atoms with Crippen LogP contribution in [0.3, 0.4) is 0 Å². The second kappa shape index (κ2) is 7.76. The second-order valence-electron chi connectivity index (χ2n) is 5.10. The monoisotopic (exact) mass is 395 g/mol. The number of hydrogen-bond donors (Lipinski definition) is 0. The Labute approximate surface area is 150 Å². The lowest BCUT2D eigenvalue weighted by atomic mass is 10.1. The van der Waals surface area contributed by atoms with Crippen LogP contribution in [0.2, 0.25) is 5.02 Å². The number of rotatable bonds is 5. The van der Waals surface area contributed by atoms with Gasteiger partial charge in [-0.15, -0.1) is 0 Å². The molecule has 0 aliphatic rings. The highest BCUT2D eigenvalue weighted by Gasteiger charge is 2.45. The Morgan fingerprint density at radius 3 is 2.56 bits per heavy atom. The van der Waals surface area contributed by atoms with Crippen molar-refractivity contribution in [3.63, 3.8) is 0 Å². The van der Waals surface area contributed by atoms with Crippen LogP contribution in [0.15, 0.2) is 40.2 Å². The fourth-order valence-electron chi connectivity index (χ4n) is 2.14. The minimum atomic E-state index is -4.66. The maximum absolute atomic E-state index is 13.6. The zero-order valence-corrected chi connectivity index (χ0v) is 14.8. The first-order valence-electron chi connectivity index (χ1n) is 7.13. The fraction of sp³-hybridized carbons (Fsp3) is 0.333. The van der Waals surface area contributed by atoms with Crippen molar-refractivity contribution < 1.29 is 17.6 Å². The van der Waals surface area contributed by atoms with E-state index in [9.17, 15) is 22.4 Å². The number of aryl methyl sites for hydroxylation is 1. The molecule has 0 spiro atoms. The van der Waals surface area contributed by atoms with E-state index in [1.54, 1.807) is 0 Å². The Bertz CT molecular complexity index is 812. The van der Waals surface area contributed by atoms with E-state index in [4.69, 9.17) is 11.6 Å². The van der Waals surface area contributed by atoms with Crippen molar-refractivity contribution >= 4 is 23.5 Å². The standard InChI is InChI=1S/C15H14ClF4N3OS/c1-3-23(25-10-7-13(24)22(2)21-8-10)14(15(18,19)20)9-4-5-11(16)12(17)6-9/h4-8,14H,3H2,1-2H3. The second-order valence-corrected chi connectivity index (χ2v) is 6.63. The minimum Gasteiger partial charge on any atom is -0.268 e. The molecule has 0 fully saturated rings. The molecule has 1 aromatic heterocycles. The van der Waals surface area contributed by atoms with Gasteiger partial charge in [0.2, 0.25) is 0 Å². The molecule has 0 saturated heterocycles. The predicted octanol–water partition coefficient (Wildman–Crippen LogP) is 4.21. The predicted molar refractivity (Wildman–Crippen MR) is 87.9 cm³/mol. The normalized spacial score (nSPS) is 13.3. The summed E-state index contributed by atoms with van der Waals surface area (Å²) in [6, 6.07) is 2.11. The molecule has 136 valence electrons. The third-order valence-electron chi connectivity index (χ3n) is 3.33. The van der Waals surface area contributed by atoms with Crippen LogP contribution >= 0.6 is 23.5 Å². The molecule has 2 rings (SSSR count). The molecule has 0 aliphatic heterocycles. The average molecular weight is 396 g/mol. The van der Waals surface area contributed by atoms with E-state index in [2.05, 4.69) is 5.10 Å². The smallest absolute Gasteiger partial charge is 0.268 e. The van der Waals surface area contributed by atoms with Gasteiger partial charge in [0.15, 0.2) is 0 Å². The van der Waals surface area contributed by atoms with Crippen LogP contribution in [0.1, 0.15) is 18.5 Å². The van der Waals surface area contributed by atoms with Gasteiger partial charge in [0.25, 0.3) is 5.56 Å². The van der Waals surface area contributed by atoms with Gasteiger partial charge in [0.05, 0.1) is 11.2 Å². The molecule has 10 heteroatoms. The van der Waals surface area contributed by atoms with Crippen LogP contribution in [0.5, 0.6) is 0 Å². The van der Waals surface area contributed by atoms with Crippen LogP contribution in [0, 0.1) is 5.82 Å². The van der Waals surface area contributed by atoms with Crippen molar-refractivity contribution in [1.29, 1.82) is 0 Å². The van der Waals surface area contributed by atoms with E-state index in [0.29, 0.717) is 0 Å². The number of benzene rings is 1. The first-order valence-corrected chi connectivity index (χ1v) is 8.28. The van der Waals surface area contributed by atoms with Gasteiger partial charge >= 0.3 is 6.18 Å². The lowest BCUT2D eigenvalue weighted by Gasteiger charge is -2.31. The van der Waals surface area contributed by atoms with E-state index in [-0.39, 0.29) is 22.0 Å². The van der Waals surface area contributed by atoms with Crippen molar-refractivity contribution in [2.24, 2.45) is 7.05 Å². The van der Waals surface area contributed by atoms with Gasteiger partial charge < -0.3 is 0 Å². The number of hydrogen-bond acceptors (Lipinski definition) is 4. The number of nitrogens with zero attached hydrogens (tertiary/aromatic N) is 3. The van der Waals surface area contributed by atoms with Crippen molar-refractivity contribution in [3.05, 3.63) is 57.2 Å². The molecule has 0 amide bonds. The van der Waals surface area contributed by atoms with Gasteiger partial charge in [0, 0.05) is 24.6 Å². The van der Waals surface area contributed by atoms with E-state index >= 15 is 0 Å². The van der Waals surface area contributed by atoms with Gasteiger partial charge in [-0.05, 0) is 29.6 Å². The zero-order chi connectivity index (χ0) is 18.8. The Morgan fingerprint density at radius 2 is 2.04 bits per heavy atom. The Hall–Kier alpha value is -1.58. The molecule has 0 aliphatic carbocycles. The third-order valence-corrected chi connectivity index (χ3v) is 4.78. The van der Waals surface area contributed by atoms with Gasteiger partial charge in [-0.3, -0.25) is 4.79 Å². The number of alkyl halides is 3. The highest BCUT2D eigenvalue weighted by Crippen LogP contribution is 2.42. The maximum Gasteiger partial charge on any atom is 0.408 e. The van der Waals surface area contributed by atoms with Gasteiger partial charge in [-0.2, -0.15) is 18.3 Å². The summed E-state index contributed by atoms with van der Waals surface area (Å²) in [5.41, 5.74) is -0.720. The summed E-state index contributed by atoms with van der Waals surface area (Å²) in [6.45, 7) is 1.53. The molecule has 2 aromatic rings. The summed E-state index contributed by atoms with van der Waals surface area (Å²) in [7, 11) is 1.43. The van der Waals surface area contributed by atoms with Gasteiger partial charge in [-0.25, -0.2) is 13.4 Å². The van der Waals surface area contributed by atoms with Crippen LogP contribution in [0.4, 0.5) is 17.6 Å².